The van der Waals surface area contributed by atoms with E-state index in [1.54, 1.807) is 36.2 Å². The fourth-order valence-electron chi connectivity index (χ4n) is 2.61. The second-order valence-electron chi connectivity index (χ2n) is 6.19. The molecule has 28 heavy (non-hydrogen) atoms. The highest BCUT2D eigenvalue weighted by Gasteiger charge is 2.13. The van der Waals surface area contributed by atoms with Crippen LogP contribution < -0.4 is 15.5 Å². The van der Waals surface area contributed by atoms with Crippen LogP contribution in [0.4, 0.5) is 17.1 Å². The van der Waals surface area contributed by atoms with Crippen LogP contribution in [0.2, 0.25) is 0 Å². The summed E-state index contributed by atoms with van der Waals surface area (Å²) in [5.74, 6) is -0.223. The van der Waals surface area contributed by atoms with Gasteiger partial charge in [0.05, 0.1) is 6.54 Å². The molecule has 0 saturated carbocycles. The maximum atomic E-state index is 12.6. The van der Waals surface area contributed by atoms with Gasteiger partial charge in [-0.2, -0.15) is 0 Å². The maximum absolute atomic E-state index is 12.6. The third-order valence-electron chi connectivity index (χ3n) is 4.16. The van der Waals surface area contributed by atoms with E-state index in [2.05, 4.69) is 33.2 Å². The summed E-state index contributed by atoms with van der Waals surface area (Å²) in [5, 5.41) is 5.90. The van der Waals surface area contributed by atoms with Crippen molar-refractivity contribution in [2.75, 3.05) is 29.1 Å². The van der Waals surface area contributed by atoms with Crippen LogP contribution in [0.5, 0.6) is 0 Å². The van der Waals surface area contributed by atoms with E-state index in [1.807, 2.05) is 54.6 Å². The molecule has 0 unspecified atom stereocenters. The third-order valence-corrected chi connectivity index (χ3v) is 4.88. The molecule has 5 nitrogen and oxygen atoms in total. The Morgan fingerprint density at radius 3 is 2.11 bits per heavy atom. The largest absolute Gasteiger partial charge is 0.376 e. The third kappa shape index (κ3) is 5.32. The predicted octanol–water partition coefficient (Wildman–Crippen LogP) is 4.62. The lowest BCUT2D eigenvalue weighted by Crippen LogP contribution is -2.26. The zero-order chi connectivity index (χ0) is 19.9. The van der Waals surface area contributed by atoms with E-state index < -0.39 is 0 Å². The lowest BCUT2D eigenvalue weighted by molar-refractivity contribution is -0.114. The molecule has 0 radical (unpaired) electrons. The molecule has 0 bridgehead atoms. The van der Waals surface area contributed by atoms with E-state index in [0.29, 0.717) is 5.56 Å². The van der Waals surface area contributed by atoms with Crippen LogP contribution in [-0.4, -0.2) is 25.4 Å². The number of amides is 2. The molecule has 0 aliphatic carbocycles. The number of hydrogen-bond donors (Lipinski definition) is 2. The molecule has 0 heterocycles. The van der Waals surface area contributed by atoms with Crippen LogP contribution in [0.15, 0.2) is 78.9 Å². The van der Waals surface area contributed by atoms with Crippen LogP contribution in [0, 0.1) is 3.57 Å². The number of rotatable bonds is 6. The predicted molar refractivity (Wildman–Crippen MR) is 122 cm³/mol. The zero-order valence-corrected chi connectivity index (χ0v) is 17.5. The Morgan fingerprint density at radius 2 is 1.46 bits per heavy atom. The fraction of sp³-hybridized carbons (Fsp3) is 0.0909. The average Bonchev–Trinajstić information content (AvgIpc) is 2.74. The molecule has 142 valence electrons. The molecule has 3 aromatic rings. The van der Waals surface area contributed by atoms with Gasteiger partial charge >= 0.3 is 0 Å². The van der Waals surface area contributed by atoms with Crippen LogP contribution in [0.3, 0.4) is 0 Å². The van der Waals surface area contributed by atoms with E-state index in [-0.39, 0.29) is 18.4 Å². The first-order chi connectivity index (χ1) is 13.5. The van der Waals surface area contributed by atoms with Crippen LogP contribution in [-0.2, 0) is 4.79 Å². The molecular formula is C22H20IN3O2. The van der Waals surface area contributed by atoms with Gasteiger partial charge in [0.25, 0.3) is 5.91 Å². The Labute approximate surface area is 177 Å². The SMILES string of the molecule is CN(C(=O)c1ccc(NCC(=O)Nc2ccc(I)cc2)cc1)c1ccccc1. The van der Waals surface area contributed by atoms with Crippen molar-refractivity contribution < 1.29 is 9.59 Å². The Hall–Kier alpha value is -2.87. The number of para-hydroxylation sites is 1. The van der Waals surface area contributed by atoms with Gasteiger partial charge in [0, 0.05) is 33.2 Å². The van der Waals surface area contributed by atoms with Gasteiger partial charge in [0.2, 0.25) is 5.91 Å². The van der Waals surface area contributed by atoms with Crippen LogP contribution in [0.1, 0.15) is 10.4 Å². The number of hydrogen-bond acceptors (Lipinski definition) is 3. The lowest BCUT2D eigenvalue weighted by atomic mass is 10.1. The number of carbonyl (C=O) groups is 2. The number of nitrogens with one attached hydrogen (secondary N) is 2. The molecular weight excluding hydrogens is 465 g/mol. The molecule has 6 heteroatoms. The first-order valence-corrected chi connectivity index (χ1v) is 9.83. The van der Waals surface area contributed by atoms with Gasteiger partial charge in [-0.1, -0.05) is 18.2 Å². The first-order valence-electron chi connectivity index (χ1n) is 8.75. The van der Waals surface area contributed by atoms with Crippen molar-refractivity contribution in [2.24, 2.45) is 0 Å². The molecule has 3 aromatic carbocycles. The first kappa shape index (κ1) is 19.9. The Bertz CT molecular complexity index is 942. The summed E-state index contributed by atoms with van der Waals surface area (Å²) in [6.45, 7) is 0.142. The van der Waals surface area contributed by atoms with E-state index in [4.69, 9.17) is 0 Å². The zero-order valence-electron chi connectivity index (χ0n) is 15.4. The number of nitrogens with zero attached hydrogens (tertiary/aromatic N) is 1. The number of benzene rings is 3. The van der Waals surface area contributed by atoms with Gasteiger partial charge in [0.15, 0.2) is 0 Å². The molecule has 2 N–H and O–H groups in total. The molecule has 3 rings (SSSR count). The molecule has 2 amide bonds. The van der Waals surface area contributed by atoms with Gasteiger partial charge in [-0.3, -0.25) is 9.59 Å². The van der Waals surface area contributed by atoms with Crippen molar-refractivity contribution in [3.05, 3.63) is 88.0 Å². The summed E-state index contributed by atoms with van der Waals surface area (Å²) in [6.07, 6.45) is 0. The summed E-state index contributed by atoms with van der Waals surface area (Å²) in [7, 11) is 1.75. The monoisotopic (exact) mass is 485 g/mol. The molecule has 0 aliphatic heterocycles. The summed E-state index contributed by atoms with van der Waals surface area (Å²) in [4.78, 5) is 26.3. The van der Waals surface area contributed by atoms with E-state index >= 15 is 0 Å². The topological polar surface area (TPSA) is 61.4 Å². The van der Waals surface area contributed by atoms with Gasteiger partial charge in [0.1, 0.15) is 0 Å². The minimum atomic E-state index is -0.134. The minimum Gasteiger partial charge on any atom is -0.376 e. The summed E-state index contributed by atoms with van der Waals surface area (Å²) >= 11 is 2.22. The Kier molecular flexibility index (Phi) is 6.65. The van der Waals surface area contributed by atoms with Crippen LogP contribution >= 0.6 is 22.6 Å². The highest BCUT2D eigenvalue weighted by molar-refractivity contribution is 14.1. The van der Waals surface area contributed by atoms with E-state index in [1.165, 1.54) is 0 Å². The highest BCUT2D eigenvalue weighted by atomic mass is 127. The van der Waals surface area contributed by atoms with Gasteiger partial charge in [-0.15, -0.1) is 0 Å². The van der Waals surface area contributed by atoms with Gasteiger partial charge in [-0.25, -0.2) is 0 Å². The van der Waals surface area contributed by atoms with Crippen molar-refractivity contribution in [1.29, 1.82) is 0 Å². The number of carbonyl (C=O) groups excluding carboxylic acids is 2. The highest BCUT2D eigenvalue weighted by Crippen LogP contribution is 2.17. The summed E-state index contributed by atoms with van der Waals surface area (Å²) in [5.41, 5.74) is 2.95. The second kappa shape index (κ2) is 9.36. The van der Waals surface area contributed by atoms with Crippen molar-refractivity contribution in [1.82, 2.24) is 0 Å². The average molecular weight is 485 g/mol. The molecule has 0 aliphatic rings. The molecule has 0 saturated heterocycles. The van der Waals surface area contributed by atoms with E-state index in [0.717, 1.165) is 20.6 Å². The Morgan fingerprint density at radius 1 is 0.857 bits per heavy atom. The normalized spacial score (nSPS) is 10.2. The summed E-state index contributed by atoms with van der Waals surface area (Å²) < 4.78 is 1.11. The fourth-order valence-corrected chi connectivity index (χ4v) is 2.97. The number of halogens is 1. The standard InChI is InChI=1S/C22H20IN3O2/c1-26(20-5-3-2-4-6-20)22(28)16-7-11-18(12-8-16)24-15-21(27)25-19-13-9-17(23)10-14-19/h2-14,24H,15H2,1H3,(H,25,27). The van der Waals surface area contributed by atoms with Gasteiger partial charge < -0.3 is 15.5 Å². The lowest BCUT2D eigenvalue weighted by Gasteiger charge is -2.17. The number of anilines is 3. The Balaban J connectivity index is 1.54. The maximum Gasteiger partial charge on any atom is 0.258 e. The quantitative estimate of drug-likeness (QED) is 0.501. The van der Waals surface area contributed by atoms with E-state index in [9.17, 15) is 9.59 Å². The minimum absolute atomic E-state index is 0.0887. The molecule has 0 spiro atoms. The van der Waals surface area contributed by atoms with Crippen molar-refractivity contribution >= 4 is 51.5 Å². The van der Waals surface area contributed by atoms with Crippen molar-refractivity contribution in [3.63, 3.8) is 0 Å². The molecule has 0 fully saturated rings. The van der Waals surface area contributed by atoms with Crippen molar-refractivity contribution in [2.45, 2.75) is 0 Å². The van der Waals surface area contributed by atoms with Gasteiger partial charge in [-0.05, 0) is 83.3 Å². The molecule has 0 aromatic heterocycles. The van der Waals surface area contributed by atoms with Crippen LogP contribution in [0.25, 0.3) is 0 Å². The van der Waals surface area contributed by atoms with Crippen molar-refractivity contribution in [3.8, 4) is 0 Å². The summed E-state index contributed by atoms with van der Waals surface area (Å²) in [6, 6.07) is 24.2. The molecule has 0 atom stereocenters. The smallest absolute Gasteiger partial charge is 0.258 e. The second-order valence-corrected chi connectivity index (χ2v) is 7.43.